The summed E-state index contributed by atoms with van der Waals surface area (Å²) < 4.78 is 28.9. The molecule has 0 saturated heterocycles. The number of aryl methyl sites for hydroxylation is 1. The fraction of sp³-hybridized carbons (Fsp3) is 0.0714. The summed E-state index contributed by atoms with van der Waals surface area (Å²) in [6.45, 7) is 1.80. The molecule has 0 aliphatic carbocycles. The number of amides is 1. The SMILES string of the molecule is Cc1ccc(S(=O)(=O)N(Cc2ccc(Cl)cc2)c2ccccc2C(=O)N/N=C\c2cccc([N+](=O)[O-])c2)cc1. The molecular weight excluding hydrogens is 540 g/mol. The second kappa shape index (κ2) is 11.9. The molecule has 0 aliphatic heterocycles. The minimum absolute atomic E-state index is 0.0609. The maximum absolute atomic E-state index is 13.9. The topological polar surface area (TPSA) is 122 Å². The molecule has 0 aromatic heterocycles. The summed E-state index contributed by atoms with van der Waals surface area (Å²) in [6.07, 6.45) is 1.27. The van der Waals surface area contributed by atoms with Crippen LogP contribution in [0.15, 0.2) is 107 Å². The summed E-state index contributed by atoms with van der Waals surface area (Å²) in [5, 5.41) is 15.4. The molecular formula is C28H23ClN4O5S. The molecule has 39 heavy (non-hydrogen) atoms. The molecule has 1 N–H and O–H groups in total. The number of benzene rings is 4. The van der Waals surface area contributed by atoms with Gasteiger partial charge in [0.05, 0.1) is 33.8 Å². The molecule has 4 aromatic carbocycles. The number of sulfonamides is 1. The van der Waals surface area contributed by atoms with Crippen molar-refractivity contribution in [2.45, 2.75) is 18.4 Å². The summed E-state index contributed by atoms with van der Waals surface area (Å²) in [4.78, 5) is 23.7. The zero-order valence-electron chi connectivity index (χ0n) is 20.7. The van der Waals surface area contributed by atoms with Gasteiger partial charge in [-0.2, -0.15) is 5.10 Å². The Kier molecular flexibility index (Phi) is 8.38. The molecule has 198 valence electrons. The second-order valence-electron chi connectivity index (χ2n) is 8.52. The Morgan fingerprint density at radius 2 is 1.69 bits per heavy atom. The van der Waals surface area contributed by atoms with Crippen molar-refractivity contribution in [2.75, 3.05) is 4.31 Å². The Morgan fingerprint density at radius 1 is 1.00 bits per heavy atom. The summed E-state index contributed by atoms with van der Waals surface area (Å²) in [5.74, 6) is -0.660. The highest BCUT2D eigenvalue weighted by atomic mass is 35.5. The van der Waals surface area contributed by atoms with Crippen LogP contribution in [0.25, 0.3) is 0 Å². The number of halogens is 1. The summed E-state index contributed by atoms with van der Waals surface area (Å²) >= 11 is 6.02. The van der Waals surface area contributed by atoms with Crippen LogP contribution in [0.4, 0.5) is 11.4 Å². The van der Waals surface area contributed by atoms with E-state index in [9.17, 15) is 23.3 Å². The summed E-state index contributed by atoms with van der Waals surface area (Å²) in [5.41, 5.74) is 4.45. The lowest BCUT2D eigenvalue weighted by atomic mass is 10.1. The third-order valence-corrected chi connectivity index (χ3v) is 7.75. The lowest BCUT2D eigenvalue weighted by Gasteiger charge is -2.26. The molecule has 0 unspecified atom stereocenters. The van der Waals surface area contributed by atoms with Crippen LogP contribution >= 0.6 is 11.6 Å². The maximum atomic E-state index is 13.9. The normalized spacial score (nSPS) is 11.3. The number of carbonyl (C=O) groups excluding carboxylic acids is 1. The maximum Gasteiger partial charge on any atom is 0.273 e. The highest BCUT2D eigenvalue weighted by Crippen LogP contribution is 2.30. The first-order valence-electron chi connectivity index (χ1n) is 11.7. The highest BCUT2D eigenvalue weighted by Gasteiger charge is 2.28. The van der Waals surface area contributed by atoms with Gasteiger partial charge in [-0.05, 0) is 48.9 Å². The molecule has 0 heterocycles. The molecule has 0 atom stereocenters. The van der Waals surface area contributed by atoms with Crippen molar-refractivity contribution in [3.8, 4) is 0 Å². The highest BCUT2D eigenvalue weighted by molar-refractivity contribution is 7.92. The van der Waals surface area contributed by atoms with Crippen molar-refractivity contribution >= 4 is 45.1 Å². The number of nitro benzene ring substituents is 1. The zero-order chi connectivity index (χ0) is 28.0. The largest absolute Gasteiger partial charge is 0.273 e. The van der Waals surface area contributed by atoms with Crippen LogP contribution in [0.1, 0.15) is 27.0 Å². The molecule has 4 aromatic rings. The van der Waals surface area contributed by atoms with Gasteiger partial charge in [-0.1, -0.05) is 65.7 Å². The van der Waals surface area contributed by atoms with E-state index in [0.717, 1.165) is 5.56 Å². The molecule has 1 amide bonds. The Balaban J connectivity index is 1.69. The van der Waals surface area contributed by atoms with Gasteiger partial charge in [-0.3, -0.25) is 19.2 Å². The van der Waals surface area contributed by atoms with Gasteiger partial charge in [0.25, 0.3) is 21.6 Å². The van der Waals surface area contributed by atoms with E-state index in [-0.39, 0.29) is 28.4 Å². The van der Waals surface area contributed by atoms with Crippen molar-refractivity contribution in [1.82, 2.24) is 5.43 Å². The van der Waals surface area contributed by atoms with E-state index < -0.39 is 20.9 Å². The number of rotatable bonds is 9. The van der Waals surface area contributed by atoms with Crippen LogP contribution in [0.3, 0.4) is 0 Å². The van der Waals surface area contributed by atoms with Crippen molar-refractivity contribution < 1.29 is 18.1 Å². The van der Waals surface area contributed by atoms with Gasteiger partial charge in [-0.15, -0.1) is 0 Å². The van der Waals surface area contributed by atoms with Crippen LogP contribution in [0.5, 0.6) is 0 Å². The van der Waals surface area contributed by atoms with E-state index in [4.69, 9.17) is 11.6 Å². The Hall–Kier alpha value is -4.54. The Labute approximate surface area is 230 Å². The van der Waals surface area contributed by atoms with Crippen molar-refractivity contribution in [3.05, 3.63) is 134 Å². The standard InChI is InChI=1S/C28H23ClN4O5S/c1-20-9-15-25(16-10-20)39(37,38)32(19-21-11-13-23(29)14-12-21)27-8-3-2-7-26(27)28(34)31-30-18-22-5-4-6-24(17-22)33(35)36/h2-18H,19H2,1H3,(H,31,34)/b30-18-. The number of carbonyl (C=O) groups is 1. The van der Waals surface area contributed by atoms with Crippen LogP contribution in [-0.2, 0) is 16.6 Å². The number of hydrogen-bond donors (Lipinski definition) is 1. The number of hydrazone groups is 1. The number of anilines is 1. The minimum atomic E-state index is -4.09. The van der Waals surface area contributed by atoms with Gasteiger partial charge in [0.15, 0.2) is 0 Å². The predicted octanol–water partition coefficient (Wildman–Crippen LogP) is 5.72. The number of nitrogens with zero attached hydrogens (tertiary/aromatic N) is 3. The molecule has 0 radical (unpaired) electrons. The smallest absolute Gasteiger partial charge is 0.267 e. The average molecular weight is 563 g/mol. The fourth-order valence-electron chi connectivity index (χ4n) is 3.72. The molecule has 0 bridgehead atoms. The number of para-hydroxylation sites is 1. The van der Waals surface area contributed by atoms with Crippen LogP contribution in [0.2, 0.25) is 5.02 Å². The first-order chi connectivity index (χ1) is 18.6. The third kappa shape index (κ3) is 6.67. The lowest BCUT2D eigenvalue weighted by Crippen LogP contribution is -2.33. The quantitative estimate of drug-likeness (QED) is 0.159. The van der Waals surface area contributed by atoms with Crippen molar-refractivity contribution in [1.29, 1.82) is 0 Å². The lowest BCUT2D eigenvalue weighted by molar-refractivity contribution is -0.384. The Bertz CT molecular complexity index is 1640. The van der Waals surface area contributed by atoms with Crippen LogP contribution < -0.4 is 9.73 Å². The molecule has 0 fully saturated rings. The Morgan fingerprint density at radius 3 is 2.38 bits per heavy atom. The fourth-order valence-corrected chi connectivity index (χ4v) is 5.32. The van der Waals surface area contributed by atoms with Gasteiger partial charge in [0, 0.05) is 22.7 Å². The number of nitro groups is 1. The molecule has 4 rings (SSSR count). The average Bonchev–Trinajstić information content (AvgIpc) is 2.93. The molecule has 0 spiro atoms. The van der Waals surface area contributed by atoms with Gasteiger partial charge >= 0.3 is 0 Å². The third-order valence-electron chi connectivity index (χ3n) is 5.73. The minimum Gasteiger partial charge on any atom is -0.267 e. The molecule has 0 saturated carbocycles. The van der Waals surface area contributed by atoms with E-state index >= 15 is 0 Å². The monoisotopic (exact) mass is 562 g/mol. The molecule has 9 nitrogen and oxygen atoms in total. The summed E-state index contributed by atoms with van der Waals surface area (Å²) in [7, 11) is -4.09. The van der Waals surface area contributed by atoms with Crippen molar-refractivity contribution in [2.24, 2.45) is 5.10 Å². The predicted molar refractivity (Wildman–Crippen MR) is 151 cm³/mol. The van der Waals surface area contributed by atoms with Gasteiger partial charge in [-0.25, -0.2) is 13.8 Å². The van der Waals surface area contributed by atoms with E-state index in [1.165, 1.54) is 46.9 Å². The number of nitrogens with one attached hydrogen (secondary N) is 1. The van der Waals surface area contributed by atoms with Crippen molar-refractivity contribution in [3.63, 3.8) is 0 Å². The molecule has 0 aliphatic rings. The van der Waals surface area contributed by atoms with Gasteiger partial charge in [0.2, 0.25) is 0 Å². The molecule has 11 heteroatoms. The van der Waals surface area contributed by atoms with E-state index in [1.807, 2.05) is 6.92 Å². The second-order valence-corrected chi connectivity index (χ2v) is 10.8. The first-order valence-corrected chi connectivity index (χ1v) is 13.5. The van der Waals surface area contributed by atoms with Gasteiger partial charge < -0.3 is 0 Å². The summed E-state index contributed by atoms with van der Waals surface area (Å²) in [6, 6.07) is 25.2. The van der Waals surface area contributed by atoms with E-state index in [1.54, 1.807) is 60.7 Å². The van der Waals surface area contributed by atoms with Gasteiger partial charge in [0.1, 0.15) is 0 Å². The zero-order valence-corrected chi connectivity index (χ0v) is 22.3. The van der Waals surface area contributed by atoms with E-state index in [2.05, 4.69) is 10.5 Å². The van der Waals surface area contributed by atoms with Crippen LogP contribution in [0, 0.1) is 17.0 Å². The number of non-ortho nitro benzene ring substituents is 1. The van der Waals surface area contributed by atoms with E-state index in [0.29, 0.717) is 16.1 Å². The number of hydrogen-bond acceptors (Lipinski definition) is 6. The first kappa shape index (κ1) is 27.5. The van der Waals surface area contributed by atoms with Crippen LogP contribution in [-0.4, -0.2) is 25.5 Å².